The fourth-order valence-corrected chi connectivity index (χ4v) is 2.36. The molecule has 0 bridgehead atoms. The van der Waals surface area contributed by atoms with Gasteiger partial charge in [0.25, 0.3) is 0 Å². The molecule has 4 nitrogen and oxygen atoms in total. The van der Waals surface area contributed by atoms with Crippen LogP contribution in [0.15, 0.2) is 30.3 Å². The van der Waals surface area contributed by atoms with Gasteiger partial charge in [-0.05, 0) is 37.9 Å². The van der Waals surface area contributed by atoms with Gasteiger partial charge in [0.2, 0.25) is 0 Å². The first kappa shape index (κ1) is 13.9. The smallest absolute Gasteiger partial charge is 0.321 e. The number of rotatable bonds is 4. The molecule has 0 unspecified atom stereocenters. The normalized spacial score (nSPS) is 16.4. The molecular formula is C15H23N3O. The van der Waals surface area contributed by atoms with E-state index in [4.69, 9.17) is 0 Å². The van der Waals surface area contributed by atoms with E-state index in [0.717, 1.165) is 44.6 Å². The molecule has 1 heterocycles. The Morgan fingerprint density at radius 1 is 1.26 bits per heavy atom. The molecule has 0 aromatic heterocycles. The molecule has 0 spiro atoms. The number of benzene rings is 1. The lowest BCUT2D eigenvalue weighted by atomic mass is 10.1. The number of hydrogen-bond donors (Lipinski definition) is 2. The Morgan fingerprint density at radius 3 is 2.58 bits per heavy atom. The Hall–Kier alpha value is -1.55. The average Bonchev–Trinajstić information content (AvgIpc) is 2.46. The van der Waals surface area contributed by atoms with E-state index in [1.807, 2.05) is 35.2 Å². The molecule has 2 N–H and O–H groups in total. The van der Waals surface area contributed by atoms with E-state index in [9.17, 15) is 4.79 Å². The third-order valence-corrected chi connectivity index (χ3v) is 3.49. The van der Waals surface area contributed by atoms with Crippen LogP contribution in [0.1, 0.15) is 26.2 Å². The van der Waals surface area contributed by atoms with Crippen molar-refractivity contribution in [1.82, 2.24) is 10.2 Å². The van der Waals surface area contributed by atoms with Crippen LogP contribution < -0.4 is 10.6 Å². The molecule has 0 atom stereocenters. The van der Waals surface area contributed by atoms with Crippen LogP contribution in [0.5, 0.6) is 0 Å². The van der Waals surface area contributed by atoms with Gasteiger partial charge in [-0.25, -0.2) is 4.79 Å². The topological polar surface area (TPSA) is 44.4 Å². The van der Waals surface area contributed by atoms with Crippen molar-refractivity contribution in [3.8, 4) is 0 Å². The third kappa shape index (κ3) is 4.24. The zero-order valence-electron chi connectivity index (χ0n) is 11.6. The highest BCUT2D eigenvalue weighted by Crippen LogP contribution is 2.13. The van der Waals surface area contributed by atoms with Gasteiger partial charge in [-0.15, -0.1) is 0 Å². The number of para-hydroxylation sites is 1. The highest BCUT2D eigenvalue weighted by atomic mass is 16.2. The second-order valence-corrected chi connectivity index (χ2v) is 5.01. The predicted molar refractivity (Wildman–Crippen MR) is 78.3 cm³/mol. The van der Waals surface area contributed by atoms with Crippen LogP contribution in [-0.4, -0.2) is 36.6 Å². The highest BCUT2D eigenvalue weighted by Gasteiger charge is 2.22. The van der Waals surface area contributed by atoms with Gasteiger partial charge in [0.15, 0.2) is 0 Å². The molecule has 1 aliphatic heterocycles. The number of nitrogens with zero attached hydrogens (tertiary/aromatic N) is 1. The molecule has 2 rings (SSSR count). The highest BCUT2D eigenvalue weighted by molar-refractivity contribution is 5.89. The molecule has 0 aliphatic carbocycles. The Balaban J connectivity index is 1.76. The quantitative estimate of drug-likeness (QED) is 0.875. The zero-order valence-corrected chi connectivity index (χ0v) is 11.6. The number of urea groups is 1. The van der Waals surface area contributed by atoms with E-state index < -0.39 is 0 Å². The maximum absolute atomic E-state index is 12.1. The van der Waals surface area contributed by atoms with E-state index in [1.54, 1.807) is 0 Å². The number of hydrogen-bond acceptors (Lipinski definition) is 2. The van der Waals surface area contributed by atoms with E-state index in [2.05, 4.69) is 17.6 Å². The minimum Gasteiger partial charge on any atom is -0.324 e. The molecule has 19 heavy (non-hydrogen) atoms. The summed E-state index contributed by atoms with van der Waals surface area (Å²) in [6.45, 7) is 4.91. The van der Waals surface area contributed by atoms with Gasteiger partial charge in [-0.2, -0.15) is 0 Å². The van der Waals surface area contributed by atoms with Crippen molar-refractivity contribution in [1.29, 1.82) is 0 Å². The van der Waals surface area contributed by atoms with Crippen molar-refractivity contribution in [2.45, 2.75) is 32.2 Å². The molecule has 1 fully saturated rings. The van der Waals surface area contributed by atoms with Crippen molar-refractivity contribution < 1.29 is 4.79 Å². The van der Waals surface area contributed by atoms with Crippen molar-refractivity contribution in [3.05, 3.63) is 30.3 Å². The molecule has 1 saturated heterocycles. The summed E-state index contributed by atoms with van der Waals surface area (Å²) in [6, 6.07) is 10.2. The number of nitrogens with one attached hydrogen (secondary N) is 2. The van der Waals surface area contributed by atoms with Crippen LogP contribution in [0.2, 0.25) is 0 Å². The number of carbonyl (C=O) groups excluding carboxylic acids is 1. The Labute approximate surface area is 115 Å². The Morgan fingerprint density at radius 2 is 1.95 bits per heavy atom. The van der Waals surface area contributed by atoms with Gasteiger partial charge in [-0.1, -0.05) is 25.1 Å². The van der Waals surface area contributed by atoms with Gasteiger partial charge in [0.05, 0.1) is 0 Å². The summed E-state index contributed by atoms with van der Waals surface area (Å²) in [4.78, 5) is 14.0. The first-order valence-corrected chi connectivity index (χ1v) is 7.14. The third-order valence-electron chi connectivity index (χ3n) is 3.49. The SMILES string of the molecule is CCCNC1CCN(C(=O)Nc2ccccc2)CC1. The van der Waals surface area contributed by atoms with Gasteiger partial charge in [0.1, 0.15) is 0 Å². The second kappa shape index (κ2) is 7.14. The zero-order chi connectivity index (χ0) is 13.5. The van der Waals surface area contributed by atoms with Crippen molar-refractivity contribution in [2.24, 2.45) is 0 Å². The first-order valence-electron chi connectivity index (χ1n) is 7.14. The summed E-state index contributed by atoms with van der Waals surface area (Å²) in [5.41, 5.74) is 0.860. The van der Waals surface area contributed by atoms with Crippen LogP contribution >= 0.6 is 0 Å². The Kier molecular flexibility index (Phi) is 5.21. The Bertz CT molecular complexity index is 386. The fraction of sp³-hybridized carbons (Fsp3) is 0.533. The fourth-order valence-electron chi connectivity index (χ4n) is 2.36. The number of likely N-dealkylation sites (tertiary alicyclic amines) is 1. The summed E-state index contributed by atoms with van der Waals surface area (Å²) in [6.07, 6.45) is 3.25. The molecule has 1 aromatic carbocycles. The second-order valence-electron chi connectivity index (χ2n) is 5.01. The molecule has 0 saturated carbocycles. The van der Waals surface area contributed by atoms with Gasteiger partial charge in [-0.3, -0.25) is 0 Å². The summed E-state index contributed by atoms with van der Waals surface area (Å²) in [7, 11) is 0. The summed E-state index contributed by atoms with van der Waals surface area (Å²) in [5, 5.41) is 6.46. The summed E-state index contributed by atoms with van der Waals surface area (Å²) in [5.74, 6) is 0. The van der Waals surface area contributed by atoms with Gasteiger partial charge >= 0.3 is 6.03 Å². The average molecular weight is 261 g/mol. The monoisotopic (exact) mass is 261 g/mol. The standard InChI is InChI=1S/C15H23N3O/c1-2-10-16-13-8-11-18(12-9-13)15(19)17-14-6-4-3-5-7-14/h3-7,13,16H,2,8-12H2,1H3,(H,17,19). The molecule has 0 radical (unpaired) electrons. The molecule has 1 aliphatic rings. The van der Waals surface area contributed by atoms with Crippen molar-refractivity contribution in [2.75, 3.05) is 25.0 Å². The minimum absolute atomic E-state index is 0.0140. The van der Waals surface area contributed by atoms with Crippen LogP contribution in [0.4, 0.5) is 10.5 Å². The number of anilines is 1. The minimum atomic E-state index is 0.0140. The van der Waals surface area contributed by atoms with Crippen LogP contribution in [0, 0.1) is 0 Å². The molecule has 104 valence electrons. The lowest BCUT2D eigenvalue weighted by Crippen LogP contribution is -2.46. The molecule has 2 amide bonds. The predicted octanol–water partition coefficient (Wildman–Crippen LogP) is 2.68. The van der Waals surface area contributed by atoms with Crippen molar-refractivity contribution >= 4 is 11.7 Å². The summed E-state index contributed by atoms with van der Waals surface area (Å²) < 4.78 is 0. The van der Waals surface area contributed by atoms with Gasteiger partial charge < -0.3 is 15.5 Å². The molecule has 4 heteroatoms. The van der Waals surface area contributed by atoms with E-state index in [-0.39, 0.29) is 6.03 Å². The first-order chi connectivity index (χ1) is 9.29. The summed E-state index contributed by atoms with van der Waals surface area (Å²) >= 11 is 0. The van der Waals surface area contributed by atoms with Crippen LogP contribution in [0.25, 0.3) is 0 Å². The number of carbonyl (C=O) groups is 1. The van der Waals surface area contributed by atoms with E-state index in [0.29, 0.717) is 6.04 Å². The molecule has 1 aromatic rings. The largest absolute Gasteiger partial charge is 0.324 e. The van der Waals surface area contributed by atoms with Gasteiger partial charge in [0, 0.05) is 24.8 Å². The van der Waals surface area contributed by atoms with Crippen LogP contribution in [0.3, 0.4) is 0 Å². The number of amides is 2. The van der Waals surface area contributed by atoms with E-state index >= 15 is 0 Å². The maximum atomic E-state index is 12.1. The van der Waals surface area contributed by atoms with Crippen molar-refractivity contribution in [3.63, 3.8) is 0 Å². The lowest BCUT2D eigenvalue weighted by Gasteiger charge is -2.32. The lowest BCUT2D eigenvalue weighted by molar-refractivity contribution is 0.189. The number of piperidine rings is 1. The van der Waals surface area contributed by atoms with Crippen LogP contribution in [-0.2, 0) is 0 Å². The molecular weight excluding hydrogens is 238 g/mol. The van der Waals surface area contributed by atoms with E-state index in [1.165, 1.54) is 0 Å². The maximum Gasteiger partial charge on any atom is 0.321 e.